The predicted octanol–water partition coefficient (Wildman–Crippen LogP) is 4.21. The zero-order valence-electron chi connectivity index (χ0n) is 17.0. The van der Waals surface area contributed by atoms with Gasteiger partial charge < -0.3 is 19.7 Å². The van der Waals surface area contributed by atoms with Crippen LogP contribution in [0.5, 0.6) is 11.5 Å². The number of rotatable bonds is 7. The molecule has 3 rings (SSSR count). The summed E-state index contributed by atoms with van der Waals surface area (Å²) < 4.78 is 10.6. The van der Waals surface area contributed by atoms with Crippen LogP contribution in [0.3, 0.4) is 0 Å². The maximum atomic E-state index is 12.9. The van der Waals surface area contributed by atoms with Crippen molar-refractivity contribution in [3.63, 3.8) is 0 Å². The highest BCUT2D eigenvalue weighted by Gasteiger charge is 2.18. The van der Waals surface area contributed by atoms with E-state index >= 15 is 0 Å². The first-order valence-corrected chi connectivity index (χ1v) is 9.27. The Hall–Kier alpha value is -3.61. The number of aryl methyl sites for hydroxylation is 1. The third-order valence-electron chi connectivity index (χ3n) is 4.43. The van der Waals surface area contributed by atoms with Crippen molar-refractivity contribution in [2.75, 3.05) is 31.0 Å². The second-order valence-electron chi connectivity index (χ2n) is 6.38. The van der Waals surface area contributed by atoms with Gasteiger partial charge in [-0.3, -0.25) is 4.79 Å². The van der Waals surface area contributed by atoms with Gasteiger partial charge in [0, 0.05) is 18.3 Å². The number of amides is 1. The van der Waals surface area contributed by atoms with Crippen molar-refractivity contribution in [2.45, 2.75) is 13.8 Å². The van der Waals surface area contributed by atoms with Gasteiger partial charge in [-0.15, -0.1) is 10.2 Å². The van der Waals surface area contributed by atoms with Crippen LogP contribution in [0.1, 0.15) is 23.0 Å². The van der Waals surface area contributed by atoms with Gasteiger partial charge in [0.2, 0.25) is 0 Å². The highest BCUT2D eigenvalue weighted by Crippen LogP contribution is 2.30. The lowest BCUT2D eigenvalue weighted by molar-refractivity contribution is 0.0982. The number of carbonyl (C=O) groups is 1. The van der Waals surface area contributed by atoms with Gasteiger partial charge in [0.1, 0.15) is 11.5 Å². The number of benzene rings is 2. The Labute approximate surface area is 170 Å². The molecule has 7 nitrogen and oxygen atoms in total. The topological polar surface area (TPSA) is 76.6 Å². The van der Waals surface area contributed by atoms with Crippen LogP contribution in [0.15, 0.2) is 54.6 Å². The van der Waals surface area contributed by atoms with Gasteiger partial charge in [-0.1, -0.05) is 12.1 Å². The molecule has 3 aromatic rings. The summed E-state index contributed by atoms with van der Waals surface area (Å²) in [5, 5.41) is 11.4. The SMILES string of the molecule is CCN(C(=O)c1ccc(Nc2ccc(OC)cc2OC)nn1)c1cccc(C)c1. The van der Waals surface area contributed by atoms with Gasteiger partial charge in [0.15, 0.2) is 11.5 Å². The predicted molar refractivity (Wildman–Crippen MR) is 113 cm³/mol. The molecule has 1 amide bonds. The molecular weight excluding hydrogens is 368 g/mol. The molecule has 0 aliphatic heterocycles. The molecule has 29 heavy (non-hydrogen) atoms. The van der Waals surface area contributed by atoms with E-state index in [0.29, 0.717) is 23.9 Å². The lowest BCUT2D eigenvalue weighted by atomic mass is 10.2. The van der Waals surface area contributed by atoms with Crippen LogP contribution in [-0.2, 0) is 0 Å². The van der Waals surface area contributed by atoms with E-state index in [1.54, 1.807) is 37.3 Å². The lowest BCUT2D eigenvalue weighted by Gasteiger charge is -2.21. The van der Waals surface area contributed by atoms with E-state index in [2.05, 4.69) is 15.5 Å². The highest BCUT2D eigenvalue weighted by atomic mass is 16.5. The van der Waals surface area contributed by atoms with Crippen LogP contribution >= 0.6 is 0 Å². The fourth-order valence-electron chi connectivity index (χ4n) is 2.93. The first-order valence-electron chi connectivity index (χ1n) is 9.27. The normalized spacial score (nSPS) is 10.3. The standard InChI is InChI=1S/C22H24N4O3/c1-5-26(16-8-6-7-15(2)13-16)22(27)19-11-12-21(25-24-19)23-18-10-9-17(28-3)14-20(18)29-4/h6-14H,5H2,1-4H3,(H,23,25). The molecule has 7 heteroatoms. The number of ether oxygens (including phenoxy) is 2. The van der Waals surface area contributed by atoms with Crippen molar-refractivity contribution in [3.05, 3.63) is 65.9 Å². The molecule has 1 N–H and O–H groups in total. The summed E-state index contributed by atoms with van der Waals surface area (Å²) in [5.74, 6) is 1.61. The third kappa shape index (κ3) is 4.63. The zero-order valence-corrected chi connectivity index (χ0v) is 17.0. The Kier molecular flexibility index (Phi) is 6.29. The molecule has 0 radical (unpaired) electrons. The molecule has 1 heterocycles. The second-order valence-corrected chi connectivity index (χ2v) is 6.38. The summed E-state index contributed by atoms with van der Waals surface area (Å²) in [6, 6.07) is 16.6. The van der Waals surface area contributed by atoms with Crippen molar-refractivity contribution in [2.24, 2.45) is 0 Å². The monoisotopic (exact) mass is 392 g/mol. The first kappa shape index (κ1) is 20.1. The summed E-state index contributed by atoms with van der Waals surface area (Å²) in [6.07, 6.45) is 0. The quantitative estimate of drug-likeness (QED) is 0.649. The molecule has 2 aromatic carbocycles. The number of carbonyl (C=O) groups excluding carboxylic acids is 1. The number of aromatic nitrogens is 2. The molecule has 0 saturated heterocycles. The van der Waals surface area contributed by atoms with Crippen LogP contribution < -0.4 is 19.7 Å². The van der Waals surface area contributed by atoms with E-state index in [1.807, 2.05) is 50.2 Å². The Morgan fingerprint density at radius 3 is 2.48 bits per heavy atom. The fourth-order valence-corrected chi connectivity index (χ4v) is 2.93. The summed E-state index contributed by atoms with van der Waals surface area (Å²) in [4.78, 5) is 14.6. The van der Waals surface area contributed by atoms with Crippen molar-refractivity contribution in [1.29, 1.82) is 0 Å². The van der Waals surface area contributed by atoms with Gasteiger partial charge in [-0.25, -0.2) is 0 Å². The van der Waals surface area contributed by atoms with Crippen LogP contribution in [-0.4, -0.2) is 36.9 Å². The number of hydrogen-bond donors (Lipinski definition) is 1. The largest absolute Gasteiger partial charge is 0.497 e. The number of nitrogens with one attached hydrogen (secondary N) is 1. The number of hydrogen-bond acceptors (Lipinski definition) is 6. The minimum absolute atomic E-state index is 0.195. The van der Waals surface area contributed by atoms with Crippen molar-refractivity contribution in [1.82, 2.24) is 10.2 Å². The average molecular weight is 392 g/mol. The molecule has 0 fully saturated rings. The van der Waals surface area contributed by atoms with Gasteiger partial charge in [0.25, 0.3) is 5.91 Å². The molecule has 0 atom stereocenters. The molecule has 0 aliphatic rings. The summed E-state index contributed by atoms with van der Waals surface area (Å²) in [7, 11) is 3.18. The van der Waals surface area contributed by atoms with Gasteiger partial charge in [-0.05, 0) is 55.8 Å². The van der Waals surface area contributed by atoms with E-state index in [4.69, 9.17) is 9.47 Å². The molecule has 0 aliphatic carbocycles. The average Bonchev–Trinajstić information content (AvgIpc) is 2.75. The van der Waals surface area contributed by atoms with Crippen LogP contribution in [0.25, 0.3) is 0 Å². The summed E-state index contributed by atoms with van der Waals surface area (Å²) in [5.41, 5.74) is 2.93. The molecule has 1 aromatic heterocycles. The highest BCUT2D eigenvalue weighted by molar-refractivity contribution is 6.04. The van der Waals surface area contributed by atoms with E-state index in [9.17, 15) is 4.79 Å². The summed E-state index contributed by atoms with van der Waals surface area (Å²) >= 11 is 0. The number of nitrogens with zero attached hydrogens (tertiary/aromatic N) is 3. The van der Waals surface area contributed by atoms with Gasteiger partial charge >= 0.3 is 0 Å². The molecule has 0 saturated carbocycles. The Morgan fingerprint density at radius 1 is 1.03 bits per heavy atom. The Morgan fingerprint density at radius 2 is 1.86 bits per heavy atom. The minimum atomic E-state index is -0.195. The molecule has 0 bridgehead atoms. The lowest BCUT2D eigenvalue weighted by Crippen LogP contribution is -2.31. The van der Waals surface area contributed by atoms with Crippen molar-refractivity contribution >= 4 is 23.1 Å². The van der Waals surface area contributed by atoms with Gasteiger partial charge in [0.05, 0.1) is 19.9 Å². The van der Waals surface area contributed by atoms with Crippen LogP contribution in [0.2, 0.25) is 0 Å². The Bertz CT molecular complexity index is 990. The molecule has 150 valence electrons. The fraction of sp³-hybridized carbons (Fsp3) is 0.227. The maximum absolute atomic E-state index is 12.9. The zero-order chi connectivity index (χ0) is 20.8. The second kappa shape index (κ2) is 9.05. The smallest absolute Gasteiger partial charge is 0.278 e. The van der Waals surface area contributed by atoms with E-state index in [0.717, 1.165) is 16.9 Å². The summed E-state index contributed by atoms with van der Waals surface area (Å²) in [6.45, 7) is 4.46. The van der Waals surface area contributed by atoms with Crippen molar-refractivity contribution in [3.8, 4) is 11.5 Å². The van der Waals surface area contributed by atoms with Crippen LogP contribution in [0.4, 0.5) is 17.2 Å². The van der Waals surface area contributed by atoms with E-state index in [1.165, 1.54) is 0 Å². The molecule has 0 unspecified atom stereocenters. The van der Waals surface area contributed by atoms with Gasteiger partial charge in [-0.2, -0.15) is 0 Å². The maximum Gasteiger partial charge on any atom is 0.278 e. The number of methoxy groups -OCH3 is 2. The third-order valence-corrected chi connectivity index (χ3v) is 4.43. The minimum Gasteiger partial charge on any atom is -0.497 e. The molecular formula is C22H24N4O3. The van der Waals surface area contributed by atoms with Crippen molar-refractivity contribution < 1.29 is 14.3 Å². The Balaban J connectivity index is 1.78. The van der Waals surface area contributed by atoms with Crippen LogP contribution in [0, 0.1) is 6.92 Å². The van der Waals surface area contributed by atoms with E-state index in [-0.39, 0.29) is 11.6 Å². The first-order chi connectivity index (χ1) is 14.0. The van der Waals surface area contributed by atoms with E-state index < -0.39 is 0 Å². The number of anilines is 3. The molecule has 0 spiro atoms.